The van der Waals surface area contributed by atoms with Crippen LogP contribution in [0.5, 0.6) is 23.0 Å². The van der Waals surface area contributed by atoms with Crippen molar-refractivity contribution in [2.45, 2.75) is 31.7 Å². The SMILES string of the molecule is COc1ccc(CN2C(=O)[C@@H]3C[C@@H](CN3Cc3ccc4c(c3)OCO4)Oc3ccccc32)cc1. The first-order chi connectivity index (χ1) is 16.7. The number of amides is 1. The number of methoxy groups -OCH3 is 1. The molecule has 2 atom stereocenters. The molecule has 2 bridgehead atoms. The molecule has 34 heavy (non-hydrogen) atoms. The Morgan fingerprint density at radius 2 is 1.71 bits per heavy atom. The van der Waals surface area contributed by atoms with E-state index in [0.717, 1.165) is 39.8 Å². The Morgan fingerprint density at radius 1 is 0.912 bits per heavy atom. The molecule has 174 valence electrons. The van der Waals surface area contributed by atoms with E-state index in [1.807, 2.05) is 71.6 Å². The van der Waals surface area contributed by atoms with Crippen molar-refractivity contribution in [2.24, 2.45) is 0 Å². The highest BCUT2D eigenvalue weighted by Gasteiger charge is 2.42. The minimum atomic E-state index is -0.262. The number of carbonyl (C=O) groups is 1. The number of anilines is 1. The number of hydrogen-bond donors (Lipinski definition) is 0. The molecule has 0 aromatic heterocycles. The van der Waals surface area contributed by atoms with Gasteiger partial charge in [-0.15, -0.1) is 0 Å². The second-order valence-electron chi connectivity index (χ2n) is 8.85. The van der Waals surface area contributed by atoms with Crippen molar-refractivity contribution >= 4 is 11.6 Å². The standard InChI is InChI=1S/C27H26N2O5/c1-31-20-9-6-18(7-10-20)15-29-22-4-2-3-5-24(22)34-21-13-23(27(29)30)28(16-21)14-19-8-11-25-26(12-19)33-17-32-25/h2-12,21,23H,13-17H2,1H3/t21-,23-/m0/s1. The average Bonchev–Trinajstić information content (AvgIpc) is 3.49. The summed E-state index contributed by atoms with van der Waals surface area (Å²) in [5.41, 5.74) is 2.92. The first kappa shape index (κ1) is 20.9. The first-order valence-electron chi connectivity index (χ1n) is 11.5. The third kappa shape index (κ3) is 3.82. The second kappa shape index (κ2) is 8.57. The maximum absolute atomic E-state index is 14.0. The Labute approximate surface area is 198 Å². The summed E-state index contributed by atoms with van der Waals surface area (Å²) < 4.78 is 22.7. The molecule has 7 nitrogen and oxygen atoms in total. The van der Waals surface area contributed by atoms with Gasteiger partial charge in [0.1, 0.15) is 17.6 Å². The van der Waals surface area contributed by atoms with Crippen LogP contribution in [-0.4, -0.2) is 43.4 Å². The minimum absolute atomic E-state index is 0.0350. The van der Waals surface area contributed by atoms with Crippen molar-refractivity contribution in [1.29, 1.82) is 0 Å². The number of fused-ring (bicyclic) bond motifs is 4. The van der Waals surface area contributed by atoms with E-state index in [0.29, 0.717) is 26.1 Å². The molecule has 0 unspecified atom stereocenters. The zero-order valence-electron chi connectivity index (χ0n) is 19.0. The molecular weight excluding hydrogens is 432 g/mol. The van der Waals surface area contributed by atoms with Gasteiger partial charge in [-0.2, -0.15) is 0 Å². The van der Waals surface area contributed by atoms with E-state index in [1.165, 1.54) is 0 Å². The lowest BCUT2D eigenvalue weighted by Crippen LogP contribution is -2.45. The molecule has 3 aliphatic heterocycles. The summed E-state index contributed by atoms with van der Waals surface area (Å²) in [5, 5.41) is 0. The van der Waals surface area contributed by atoms with Gasteiger partial charge in [0.15, 0.2) is 11.5 Å². The van der Waals surface area contributed by atoms with E-state index in [2.05, 4.69) is 4.90 Å². The van der Waals surface area contributed by atoms with Gasteiger partial charge in [-0.3, -0.25) is 9.69 Å². The molecule has 1 amide bonds. The number of para-hydroxylation sites is 2. The van der Waals surface area contributed by atoms with E-state index in [4.69, 9.17) is 18.9 Å². The minimum Gasteiger partial charge on any atom is -0.497 e. The first-order valence-corrected chi connectivity index (χ1v) is 11.5. The van der Waals surface area contributed by atoms with Gasteiger partial charge in [0.05, 0.1) is 25.4 Å². The van der Waals surface area contributed by atoms with Gasteiger partial charge in [0.25, 0.3) is 0 Å². The number of carbonyl (C=O) groups excluding carboxylic acids is 1. The molecule has 3 aliphatic rings. The molecule has 3 heterocycles. The molecule has 6 rings (SSSR count). The molecule has 0 aliphatic carbocycles. The summed E-state index contributed by atoms with van der Waals surface area (Å²) in [7, 11) is 1.65. The van der Waals surface area contributed by atoms with E-state index in [1.54, 1.807) is 7.11 Å². The van der Waals surface area contributed by atoms with Gasteiger partial charge >= 0.3 is 0 Å². The van der Waals surface area contributed by atoms with Gasteiger partial charge in [-0.1, -0.05) is 30.3 Å². The highest BCUT2D eigenvalue weighted by atomic mass is 16.7. The third-order valence-corrected chi connectivity index (χ3v) is 6.69. The molecule has 7 heteroatoms. The molecule has 3 aromatic carbocycles. The van der Waals surface area contributed by atoms with Crippen LogP contribution in [0, 0.1) is 0 Å². The lowest BCUT2D eigenvalue weighted by molar-refractivity contribution is -0.123. The average molecular weight is 459 g/mol. The molecule has 0 N–H and O–H groups in total. The number of ether oxygens (including phenoxy) is 4. The quantitative estimate of drug-likeness (QED) is 0.576. The van der Waals surface area contributed by atoms with Gasteiger partial charge in [-0.25, -0.2) is 0 Å². The summed E-state index contributed by atoms with van der Waals surface area (Å²) >= 11 is 0. The molecule has 1 fully saturated rings. The van der Waals surface area contributed by atoms with Crippen LogP contribution >= 0.6 is 0 Å². The Morgan fingerprint density at radius 3 is 2.56 bits per heavy atom. The zero-order valence-corrected chi connectivity index (χ0v) is 19.0. The third-order valence-electron chi connectivity index (χ3n) is 6.69. The molecule has 1 saturated heterocycles. The smallest absolute Gasteiger partial charge is 0.244 e. The summed E-state index contributed by atoms with van der Waals surface area (Å²) in [6.07, 6.45) is 0.629. The Bertz CT molecular complexity index is 1210. The second-order valence-corrected chi connectivity index (χ2v) is 8.85. The van der Waals surface area contributed by atoms with Crippen LogP contribution in [0.3, 0.4) is 0 Å². The van der Waals surface area contributed by atoms with Crippen LogP contribution in [0.4, 0.5) is 5.69 Å². The monoisotopic (exact) mass is 458 g/mol. The normalized spacial score (nSPS) is 21.0. The van der Waals surface area contributed by atoms with Crippen molar-refractivity contribution in [3.63, 3.8) is 0 Å². The van der Waals surface area contributed by atoms with Crippen molar-refractivity contribution < 1.29 is 23.7 Å². The van der Waals surface area contributed by atoms with Crippen LogP contribution in [0.1, 0.15) is 17.5 Å². The molecule has 0 saturated carbocycles. The largest absolute Gasteiger partial charge is 0.497 e. The predicted molar refractivity (Wildman–Crippen MR) is 126 cm³/mol. The van der Waals surface area contributed by atoms with Gasteiger partial charge in [-0.05, 0) is 47.5 Å². The Hall–Kier alpha value is -3.71. The summed E-state index contributed by atoms with van der Waals surface area (Å²) in [5.74, 6) is 3.15. The summed E-state index contributed by atoms with van der Waals surface area (Å²) in [6, 6.07) is 21.4. The fraction of sp³-hybridized carbons (Fsp3) is 0.296. The van der Waals surface area contributed by atoms with Crippen molar-refractivity contribution in [2.75, 3.05) is 25.3 Å². The van der Waals surface area contributed by atoms with Crippen molar-refractivity contribution in [1.82, 2.24) is 4.90 Å². The van der Waals surface area contributed by atoms with Crippen LogP contribution in [0.15, 0.2) is 66.7 Å². The van der Waals surface area contributed by atoms with Gasteiger partial charge in [0, 0.05) is 19.5 Å². The van der Waals surface area contributed by atoms with E-state index in [-0.39, 0.29) is 24.8 Å². The number of nitrogens with zero attached hydrogens (tertiary/aromatic N) is 2. The maximum Gasteiger partial charge on any atom is 0.244 e. The van der Waals surface area contributed by atoms with Gasteiger partial charge in [0.2, 0.25) is 12.7 Å². The maximum atomic E-state index is 14.0. The molecule has 0 radical (unpaired) electrons. The van der Waals surface area contributed by atoms with Crippen LogP contribution < -0.4 is 23.8 Å². The predicted octanol–water partition coefficient (Wildman–Crippen LogP) is 3.99. The summed E-state index contributed by atoms with van der Waals surface area (Å²) in [6.45, 7) is 2.04. The highest BCUT2D eigenvalue weighted by Crippen LogP contribution is 2.38. The fourth-order valence-corrected chi connectivity index (χ4v) is 4.99. The van der Waals surface area contributed by atoms with Crippen LogP contribution in [0.2, 0.25) is 0 Å². The molecular formula is C27H26N2O5. The Kier molecular flexibility index (Phi) is 5.26. The Balaban J connectivity index is 1.30. The lowest BCUT2D eigenvalue weighted by Gasteiger charge is -2.32. The van der Waals surface area contributed by atoms with E-state index in [9.17, 15) is 4.79 Å². The summed E-state index contributed by atoms with van der Waals surface area (Å²) in [4.78, 5) is 18.1. The number of likely N-dealkylation sites (tertiary alicyclic amines) is 1. The highest BCUT2D eigenvalue weighted by molar-refractivity contribution is 5.99. The van der Waals surface area contributed by atoms with Crippen molar-refractivity contribution in [3.8, 4) is 23.0 Å². The fourth-order valence-electron chi connectivity index (χ4n) is 4.99. The number of hydrogen-bond acceptors (Lipinski definition) is 6. The molecule has 3 aromatic rings. The van der Waals surface area contributed by atoms with Gasteiger partial charge < -0.3 is 23.8 Å². The number of rotatable bonds is 5. The van der Waals surface area contributed by atoms with Crippen LogP contribution in [-0.2, 0) is 17.9 Å². The van der Waals surface area contributed by atoms with Crippen molar-refractivity contribution in [3.05, 3.63) is 77.9 Å². The lowest BCUT2D eigenvalue weighted by atomic mass is 10.1. The van der Waals surface area contributed by atoms with E-state index < -0.39 is 0 Å². The van der Waals surface area contributed by atoms with Crippen LogP contribution in [0.25, 0.3) is 0 Å². The molecule has 0 spiro atoms. The number of benzene rings is 3. The topological polar surface area (TPSA) is 60.5 Å². The van der Waals surface area contributed by atoms with E-state index >= 15 is 0 Å². The zero-order chi connectivity index (χ0) is 23.1.